The highest BCUT2D eigenvalue weighted by Crippen LogP contribution is 2.15. The first-order chi connectivity index (χ1) is 7.98. The molecule has 18 heavy (non-hydrogen) atoms. The molecule has 6 heteroatoms. The number of halogens is 1. The van der Waals surface area contributed by atoms with Gasteiger partial charge in [0.05, 0.1) is 6.54 Å². The molecule has 0 fully saturated rings. The van der Waals surface area contributed by atoms with Crippen LogP contribution in [0.25, 0.3) is 0 Å². The number of aryl methyl sites for hydroxylation is 1. The summed E-state index contributed by atoms with van der Waals surface area (Å²) >= 11 is 0. The standard InChI is InChI=1S/C12H25N5.ClH/c1-5-6-17-11(14-10-15-17)7-16(4)9-12(2,3)8-13;/h10H,5-9,13H2,1-4H3;1H. The minimum Gasteiger partial charge on any atom is -0.330 e. The molecule has 0 bridgehead atoms. The maximum atomic E-state index is 5.75. The van der Waals surface area contributed by atoms with Crippen molar-refractivity contribution in [1.82, 2.24) is 19.7 Å². The van der Waals surface area contributed by atoms with E-state index in [0.29, 0.717) is 6.54 Å². The molecular weight excluding hydrogens is 250 g/mol. The van der Waals surface area contributed by atoms with Crippen molar-refractivity contribution in [2.45, 2.75) is 40.3 Å². The molecule has 0 radical (unpaired) electrons. The molecule has 0 aliphatic carbocycles. The second-order valence-corrected chi connectivity index (χ2v) is 5.44. The van der Waals surface area contributed by atoms with Crippen molar-refractivity contribution in [2.75, 3.05) is 20.1 Å². The molecule has 0 unspecified atom stereocenters. The van der Waals surface area contributed by atoms with Gasteiger partial charge in [-0.3, -0.25) is 4.90 Å². The zero-order chi connectivity index (χ0) is 12.9. The van der Waals surface area contributed by atoms with Crippen LogP contribution in [-0.4, -0.2) is 39.8 Å². The Morgan fingerprint density at radius 2 is 2.11 bits per heavy atom. The average molecular weight is 276 g/mol. The van der Waals surface area contributed by atoms with Crippen molar-refractivity contribution in [3.63, 3.8) is 0 Å². The van der Waals surface area contributed by atoms with Crippen LogP contribution in [0.5, 0.6) is 0 Å². The quantitative estimate of drug-likeness (QED) is 0.820. The summed E-state index contributed by atoms with van der Waals surface area (Å²) in [5.41, 5.74) is 5.89. The highest BCUT2D eigenvalue weighted by atomic mass is 35.5. The molecule has 0 aromatic carbocycles. The van der Waals surface area contributed by atoms with Gasteiger partial charge in [0.1, 0.15) is 12.2 Å². The first kappa shape index (κ1) is 17.4. The number of nitrogens with two attached hydrogens (primary N) is 1. The average Bonchev–Trinajstić information content (AvgIpc) is 2.65. The van der Waals surface area contributed by atoms with Crippen LogP contribution in [0.2, 0.25) is 0 Å². The molecule has 0 aliphatic heterocycles. The van der Waals surface area contributed by atoms with Crippen LogP contribution in [-0.2, 0) is 13.1 Å². The van der Waals surface area contributed by atoms with Crippen LogP contribution in [0.1, 0.15) is 33.0 Å². The molecule has 0 amide bonds. The Balaban J connectivity index is 0.00000289. The first-order valence-electron chi connectivity index (χ1n) is 6.24. The van der Waals surface area contributed by atoms with Crippen LogP contribution in [0.4, 0.5) is 0 Å². The second-order valence-electron chi connectivity index (χ2n) is 5.44. The fourth-order valence-corrected chi connectivity index (χ4v) is 1.90. The van der Waals surface area contributed by atoms with Crippen molar-refractivity contribution in [3.8, 4) is 0 Å². The third-order valence-corrected chi connectivity index (χ3v) is 2.79. The Morgan fingerprint density at radius 3 is 2.67 bits per heavy atom. The Hall–Kier alpha value is -0.650. The zero-order valence-electron chi connectivity index (χ0n) is 11.9. The largest absolute Gasteiger partial charge is 0.330 e. The number of hydrogen-bond acceptors (Lipinski definition) is 4. The molecule has 0 atom stereocenters. The molecule has 1 aromatic heterocycles. The monoisotopic (exact) mass is 275 g/mol. The van der Waals surface area contributed by atoms with Crippen LogP contribution in [0.15, 0.2) is 6.33 Å². The predicted molar refractivity (Wildman–Crippen MR) is 76.7 cm³/mol. The molecule has 1 aromatic rings. The fourth-order valence-electron chi connectivity index (χ4n) is 1.90. The van der Waals surface area contributed by atoms with Gasteiger partial charge in [-0.25, -0.2) is 9.67 Å². The van der Waals surface area contributed by atoms with E-state index >= 15 is 0 Å². The summed E-state index contributed by atoms with van der Waals surface area (Å²) in [5, 5.41) is 4.23. The Labute approximate surface area is 116 Å². The van der Waals surface area contributed by atoms with Crippen LogP contribution >= 0.6 is 12.4 Å². The molecule has 106 valence electrons. The third kappa shape index (κ3) is 5.33. The Bertz CT molecular complexity index is 337. The topological polar surface area (TPSA) is 60.0 Å². The van der Waals surface area contributed by atoms with Gasteiger partial charge in [-0.2, -0.15) is 5.10 Å². The molecule has 0 spiro atoms. The molecule has 0 saturated heterocycles. The maximum absolute atomic E-state index is 5.75. The van der Waals surface area contributed by atoms with Gasteiger partial charge in [0.25, 0.3) is 0 Å². The molecular formula is C12H26ClN5. The lowest BCUT2D eigenvalue weighted by molar-refractivity contribution is 0.203. The number of aromatic nitrogens is 3. The zero-order valence-corrected chi connectivity index (χ0v) is 12.7. The van der Waals surface area contributed by atoms with E-state index in [1.54, 1.807) is 6.33 Å². The molecule has 2 N–H and O–H groups in total. The fraction of sp³-hybridized carbons (Fsp3) is 0.833. The van der Waals surface area contributed by atoms with Gasteiger partial charge in [0.2, 0.25) is 0 Å². The lowest BCUT2D eigenvalue weighted by atomic mass is 9.93. The summed E-state index contributed by atoms with van der Waals surface area (Å²) in [5.74, 6) is 1.03. The van der Waals surface area contributed by atoms with Gasteiger partial charge in [-0.1, -0.05) is 20.8 Å². The molecule has 5 nitrogen and oxygen atoms in total. The summed E-state index contributed by atoms with van der Waals surface area (Å²) < 4.78 is 1.98. The number of hydrogen-bond donors (Lipinski definition) is 1. The molecule has 1 rings (SSSR count). The van der Waals surface area contributed by atoms with E-state index in [9.17, 15) is 0 Å². The summed E-state index contributed by atoms with van der Waals surface area (Å²) in [7, 11) is 2.10. The van der Waals surface area contributed by atoms with Gasteiger partial charge >= 0.3 is 0 Å². The summed E-state index contributed by atoms with van der Waals surface area (Å²) in [4.78, 5) is 6.56. The Morgan fingerprint density at radius 1 is 1.44 bits per heavy atom. The minimum absolute atomic E-state index is 0. The summed E-state index contributed by atoms with van der Waals surface area (Å²) in [6, 6.07) is 0. The predicted octanol–water partition coefficient (Wildman–Crippen LogP) is 1.53. The number of rotatable bonds is 7. The molecule has 1 heterocycles. The summed E-state index contributed by atoms with van der Waals surface area (Å²) in [6.07, 6.45) is 2.71. The van der Waals surface area contributed by atoms with Crippen molar-refractivity contribution in [3.05, 3.63) is 12.2 Å². The van der Waals surface area contributed by atoms with E-state index in [4.69, 9.17) is 5.73 Å². The van der Waals surface area contributed by atoms with Gasteiger partial charge in [-0.05, 0) is 25.4 Å². The van der Waals surface area contributed by atoms with E-state index in [1.807, 2.05) is 4.68 Å². The molecule has 0 aliphatic rings. The lowest BCUT2D eigenvalue weighted by Crippen LogP contribution is -2.36. The van der Waals surface area contributed by atoms with Gasteiger partial charge in [0.15, 0.2) is 0 Å². The van der Waals surface area contributed by atoms with Crippen LogP contribution in [0, 0.1) is 5.41 Å². The normalized spacial score (nSPS) is 11.7. The highest BCUT2D eigenvalue weighted by molar-refractivity contribution is 5.85. The van der Waals surface area contributed by atoms with E-state index in [0.717, 1.165) is 31.9 Å². The number of nitrogens with zero attached hydrogens (tertiary/aromatic N) is 4. The SMILES string of the molecule is CCCn1ncnc1CN(C)CC(C)(C)CN.Cl. The third-order valence-electron chi connectivity index (χ3n) is 2.79. The summed E-state index contributed by atoms with van der Waals surface area (Å²) in [6.45, 7) is 9.92. The van der Waals surface area contributed by atoms with E-state index in [-0.39, 0.29) is 17.8 Å². The van der Waals surface area contributed by atoms with Crippen molar-refractivity contribution >= 4 is 12.4 Å². The van der Waals surface area contributed by atoms with Crippen LogP contribution in [0.3, 0.4) is 0 Å². The first-order valence-corrected chi connectivity index (χ1v) is 6.24. The van der Waals surface area contributed by atoms with Crippen molar-refractivity contribution in [1.29, 1.82) is 0 Å². The van der Waals surface area contributed by atoms with Crippen molar-refractivity contribution < 1.29 is 0 Å². The highest BCUT2D eigenvalue weighted by Gasteiger charge is 2.19. The second kappa shape index (κ2) is 7.71. The lowest BCUT2D eigenvalue weighted by Gasteiger charge is -2.28. The van der Waals surface area contributed by atoms with E-state index in [1.165, 1.54) is 0 Å². The maximum Gasteiger partial charge on any atom is 0.140 e. The Kier molecular flexibility index (Phi) is 7.43. The van der Waals surface area contributed by atoms with Crippen molar-refractivity contribution in [2.24, 2.45) is 11.1 Å². The van der Waals surface area contributed by atoms with Crippen LogP contribution < -0.4 is 5.73 Å². The van der Waals surface area contributed by atoms with E-state index < -0.39 is 0 Å². The van der Waals surface area contributed by atoms with Gasteiger partial charge in [0, 0.05) is 13.1 Å². The minimum atomic E-state index is 0. The van der Waals surface area contributed by atoms with E-state index in [2.05, 4.69) is 42.8 Å². The smallest absolute Gasteiger partial charge is 0.140 e. The van der Waals surface area contributed by atoms with Gasteiger partial charge < -0.3 is 5.73 Å². The molecule has 0 saturated carbocycles. The van der Waals surface area contributed by atoms with Gasteiger partial charge in [-0.15, -0.1) is 12.4 Å².